The van der Waals surface area contributed by atoms with E-state index in [1.54, 1.807) is 0 Å². The standard InChI is InChI=1S/C15H10F4O5S.C2H6/c1-23-14(20)10-4-2-3-9(5-10)11-6-12(16)8-13(7-11)24-25(21,22)15(17,18)19;1-2/h2-8H,1H3;1-2H3. The maximum Gasteiger partial charge on any atom is 0.534 e. The van der Waals surface area contributed by atoms with Crippen molar-refractivity contribution in [3.63, 3.8) is 0 Å². The van der Waals surface area contributed by atoms with Gasteiger partial charge in [-0.25, -0.2) is 9.18 Å². The minimum absolute atomic E-state index is 0.0122. The van der Waals surface area contributed by atoms with E-state index >= 15 is 0 Å². The fraction of sp³-hybridized carbons (Fsp3) is 0.235. The van der Waals surface area contributed by atoms with Crippen molar-refractivity contribution in [1.82, 2.24) is 0 Å². The molecular weight excluding hydrogens is 392 g/mol. The molecule has 10 heteroatoms. The molecular formula is C17H16F4O5S. The van der Waals surface area contributed by atoms with Gasteiger partial charge in [0.2, 0.25) is 0 Å². The maximum atomic E-state index is 13.7. The lowest BCUT2D eigenvalue weighted by molar-refractivity contribution is -0.0500. The summed E-state index contributed by atoms with van der Waals surface area (Å²) in [6.07, 6.45) is 0. The van der Waals surface area contributed by atoms with Crippen molar-refractivity contribution in [3.05, 3.63) is 53.8 Å². The molecule has 0 aliphatic rings. The molecule has 0 aliphatic carbocycles. The first-order valence-corrected chi connectivity index (χ1v) is 8.94. The Morgan fingerprint density at radius 1 is 1.00 bits per heavy atom. The summed E-state index contributed by atoms with van der Waals surface area (Å²) in [5, 5.41) is 0. The number of ether oxygens (including phenoxy) is 1. The summed E-state index contributed by atoms with van der Waals surface area (Å²) in [5.41, 5.74) is -5.27. The maximum absolute atomic E-state index is 13.7. The largest absolute Gasteiger partial charge is 0.534 e. The average Bonchev–Trinajstić information content (AvgIpc) is 2.61. The van der Waals surface area contributed by atoms with Crippen molar-refractivity contribution in [1.29, 1.82) is 0 Å². The highest BCUT2D eigenvalue weighted by molar-refractivity contribution is 7.88. The van der Waals surface area contributed by atoms with Crippen molar-refractivity contribution in [3.8, 4) is 16.9 Å². The lowest BCUT2D eigenvalue weighted by atomic mass is 10.0. The highest BCUT2D eigenvalue weighted by Gasteiger charge is 2.48. The topological polar surface area (TPSA) is 69.7 Å². The summed E-state index contributed by atoms with van der Waals surface area (Å²) in [5.74, 6) is -2.54. The first kappa shape index (κ1) is 22.4. The van der Waals surface area contributed by atoms with Crippen molar-refractivity contribution < 1.29 is 39.7 Å². The quantitative estimate of drug-likeness (QED) is 0.322. The van der Waals surface area contributed by atoms with Gasteiger partial charge in [-0.1, -0.05) is 26.0 Å². The number of hydrogen-bond acceptors (Lipinski definition) is 5. The molecule has 0 saturated carbocycles. The van der Waals surface area contributed by atoms with Crippen LogP contribution in [0.1, 0.15) is 24.2 Å². The SMILES string of the molecule is CC.COC(=O)c1cccc(-c2cc(F)cc(OS(=O)(=O)C(F)(F)F)c2)c1. The predicted molar refractivity (Wildman–Crippen MR) is 90.1 cm³/mol. The Bertz CT molecular complexity index is 908. The van der Waals surface area contributed by atoms with Crippen LogP contribution < -0.4 is 4.18 Å². The molecule has 0 heterocycles. The number of methoxy groups -OCH3 is 1. The summed E-state index contributed by atoms with van der Waals surface area (Å²) in [6.45, 7) is 4.00. The van der Waals surface area contributed by atoms with Crippen LogP contribution in [0.25, 0.3) is 11.1 Å². The normalized spacial score (nSPS) is 11.2. The van der Waals surface area contributed by atoms with Crippen molar-refractivity contribution in [2.45, 2.75) is 19.4 Å². The van der Waals surface area contributed by atoms with Crippen LogP contribution in [0.4, 0.5) is 17.6 Å². The van der Waals surface area contributed by atoms with Crippen molar-refractivity contribution in [2.24, 2.45) is 0 Å². The van der Waals surface area contributed by atoms with Gasteiger partial charge in [-0.3, -0.25) is 0 Å². The fourth-order valence-electron chi connectivity index (χ4n) is 1.90. The number of hydrogen-bond donors (Lipinski definition) is 0. The van der Waals surface area contributed by atoms with E-state index in [2.05, 4.69) is 8.92 Å². The van der Waals surface area contributed by atoms with Crippen LogP contribution in [-0.2, 0) is 14.9 Å². The van der Waals surface area contributed by atoms with Gasteiger partial charge in [0.25, 0.3) is 0 Å². The average molecular weight is 408 g/mol. The van der Waals surface area contributed by atoms with E-state index in [9.17, 15) is 30.8 Å². The van der Waals surface area contributed by atoms with Crippen LogP contribution in [-0.4, -0.2) is 27.0 Å². The minimum atomic E-state index is -5.93. The third kappa shape index (κ3) is 5.68. The molecule has 0 spiro atoms. The highest BCUT2D eigenvalue weighted by atomic mass is 32.2. The van der Waals surface area contributed by atoms with Crippen molar-refractivity contribution in [2.75, 3.05) is 7.11 Å². The lowest BCUT2D eigenvalue weighted by Crippen LogP contribution is -2.28. The molecule has 0 saturated heterocycles. The zero-order chi connectivity index (χ0) is 20.8. The van der Waals surface area contributed by atoms with E-state index < -0.39 is 33.2 Å². The van der Waals surface area contributed by atoms with Gasteiger partial charge in [0, 0.05) is 6.07 Å². The van der Waals surface area contributed by atoms with E-state index in [4.69, 9.17) is 0 Å². The summed E-state index contributed by atoms with van der Waals surface area (Å²) in [4.78, 5) is 11.5. The summed E-state index contributed by atoms with van der Waals surface area (Å²) in [6, 6.07) is 7.97. The number of carbonyl (C=O) groups is 1. The van der Waals surface area contributed by atoms with Gasteiger partial charge < -0.3 is 8.92 Å². The zero-order valence-corrected chi connectivity index (χ0v) is 15.3. The molecule has 0 atom stereocenters. The molecule has 148 valence electrons. The summed E-state index contributed by atoms with van der Waals surface area (Å²) >= 11 is 0. The van der Waals surface area contributed by atoms with Gasteiger partial charge in [-0.15, -0.1) is 0 Å². The Balaban J connectivity index is 0.00000176. The van der Waals surface area contributed by atoms with Gasteiger partial charge in [-0.2, -0.15) is 21.6 Å². The van der Waals surface area contributed by atoms with Crippen LogP contribution >= 0.6 is 0 Å². The zero-order valence-electron chi connectivity index (χ0n) is 14.5. The Kier molecular flexibility index (Phi) is 7.35. The molecule has 0 N–H and O–H groups in total. The van der Waals surface area contributed by atoms with E-state index in [0.717, 1.165) is 19.2 Å². The lowest BCUT2D eigenvalue weighted by Gasteiger charge is -2.11. The predicted octanol–water partition coefficient (Wildman–Crippen LogP) is 4.53. The Morgan fingerprint density at radius 2 is 1.63 bits per heavy atom. The van der Waals surface area contributed by atoms with Crippen LogP contribution in [0.3, 0.4) is 0 Å². The van der Waals surface area contributed by atoms with Gasteiger partial charge in [0.15, 0.2) is 0 Å². The Morgan fingerprint density at radius 3 is 2.19 bits per heavy atom. The smallest absolute Gasteiger partial charge is 0.465 e. The molecule has 27 heavy (non-hydrogen) atoms. The van der Waals surface area contributed by atoms with Gasteiger partial charge in [-0.05, 0) is 35.4 Å². The minimum Gasteiger partial charge on any atom is -0.465 e. The second kappa shape index (κ2) is 8.85. The Hall–Kier alpha value is -2.62. The number of rotatable bonds is 4. The first-order chi connectivity index (χ1) is 12.5. The third-order valence-electron chi connectivity index (χ3n) is 2.98. The fourth-order valence-corrected chi connectivity index (χ4v) is 2.34. The van der Waals surface area contributed by atoms with Crippen LogP contribution in [0, 0.1) is 5.82 Å². The second-order valence-corrected chi connectivity index (χ2v) is 6.27. The number of benzene rings is 2. The van der Waals surface area contributed by atoms with Gasteiger partial charge >= 0.3 is 21.6 Å². The molecule has 2 aromatic rings. The molecule has 0 aromatic heterocycles. The van der Waals surface area contributed by atoms with Crippen molar-refractivity contribution >= 4 is 16.1 Å². The molecule has 0 aliphatic heterocycles. The molecule has 0 fully saturated rings. The molecule has 0 amide bonds. The first-order valence-electron chi connectivity index (χ1n) is 7.53. The summed E-state index contributed by atoms with van der Waals surface area (Å²) < 4.78 is 81.3. The molecule has 0 radical (unpaired) electrons. The van der Waals surface area contributed by atoms with Gasteiger partial charge in [0.05, 0.1) is 12.7 Å². The number of carbonyl (C=O) groups excluding carboxylic acids is 1. The van der Waals surface area contributed by atoms with E-state index in [-0.39, 0.29) is 16.7 Å². The molecule has 0 bridgehead atoms. The molecule has 2 aromatic carbocycles. The van der Waals surface area contributed by atoms with E-state index in [0.29, 0.717) is 6.07 Å². The van der Waals surface area contributed by atoms with E-state index in [1.807, 2.05) is 13.8 Å². The Labute approximate surface area is 153 Å². The molecule has 2 rings (SSSR count). The number of halogens is 4. The third-order valence-corrected chi connectivity index (χ3v) is 3.96. The highest BCUT2D eigenvalue weighted by Crippen LogP contribution is 2.31. The number of alkyl halides is 3. The summed E-state index contributed by atoms with van der Waals surface area (Å²) in [7, 11) is -4.77. The van der Waals surface area contributed by atoms with E-state index in [1.165, 1.54) is 24.3 Å². The monoisotopic (exact) mass is 408 g/mol. The molecule has 5 nitrogen and oxygen atoms in total. The van der Waals surface area contributed by atoms with Crippen LogP contribution in [0.15, 0.2) is 42.5 Å². The van der Waals surface area contributed by atoms with Gasteiger partial charge in [0.1, 0.15) is 11.6 Å². The van der Waals surface area contributed by atoms with Crippen LogP contribution in [0.2, 0.25) is 0 Å². The van der Waals surface area contributed by atoms with Crippen LogP contribution in [0.5, 0.6) is 5.75 Å². The molecule has 0 unspecified atom stereocenters. The second-order valence-electron chi connectivity index (χ2n) is 4.73. The number of esters is 1.